The van der Waals surface area contributed by atoms with Gasteiger partial charge in [-0.25, -0.2) is 0 Å². The fourth-order valence-corrected chi connectivity index (χ4v) is 2.22. The summed E-state index contributed by atoms with van der Waals surface area (Å²) in [7, 11) is 0. The Morgan fingerprint density at radius 1 is 1.29 bits per heavy atom. The van der Waals surface area contributed by atoms with E-state index in [1.165, 1.54) is 12.1 Å². The van der Waals surface area contributed by atoms with E-state index in [2.05, 4.69) is 4.74 Å². The first-order chi connectivity index (χ1) is 9.94. The van der Waals surface area contributed by atoms with Crippen LogP contribution in [0.3, 0.4) is 0 Å². The molecule has 0 radical (unpaired) electrons. The van der Waals surface area contributed by atoms with Crippen molar-refractivity contribution >= 4 is 11.9 Å². The molecule has 0 aliphatic carbocycles. The van der Waals surface area contributed by atoms with E-state index in [4.69, 9.17) is 5.11 Å². The highest BCUT2D eigenvalue weighted by Crippen LogP contribution is 2.21. The SMILES string of the molecule is O=C(O)CC1CN(C(=O)Cc2ccc(OC(F)F)cc2)C1. The van der Waals surface area contributed by atoms with E-state index in [1.807, 2.05) is 0 Å². The molecule has 0 saturated carbocycles. The van der Waals surface area contributed by atoms with Gasteiger partial charge in [-0.1, -0.05) is 12.1 Å². The second-order valence-corrected chi connectivity index (χ2v) is 4.96. The molecule has 5 nitrogen and oxygen atoms in total. The summed E-state index contributed by atoms with van der Waals surface area (Å²) in [4.78, 5) is 24.0. The van der Waals surface area contributed by atoms with E-state index in [0.29, 0.717) is 18.7 Å². The molecule has 1 fully saturated rings. The number of halogens is 2. The maximum atomic E-state index is 12.0. The van der Waals surface area contributed by atoms with Crippen molar-refractivity contribution in [1.29, 1.82) is 0 Å². The number of carbonyl (C=O) groups excluding carboxylic acids is 1. The quantitative estimate of drug-likeness (QED) is 0.869. The van der Waals surface area contributed by atoms with Gasteiger partial charge in [-0.05, 0) is 17.7 Å². The number of carbonyl (C=O) groups is 2. The van der Waals surface area contributed by atoms with Gasteiger partial charge in [-0.2, -0.15) is 8.78 Å². The van der Waals surface area contributed by atoms with E-state index in [9.17, 15) is 18.4 Å². The number of alkyl halides is 2. The summed E-state index contributed by atoms with van der Waals surface area (Å²) in [5.74, 6) is -0.888. The van der Waals surface area contributed by atoms with Gasteiger partial charge in [0.15, 0.2) is 0 Å². The molecular formula is C14H15F2NO4. The summed E-state index contributed by atoms with van der Waals surface area (Å²) < 4.78 is 28.2. The lowest BCUT2D eigenvalue weighted by molar-refractivity contribution is -0.144. The Morgan fingerprint density at radius 3 is 2.43 bits per heavy atom. The van der Waals surface area contributed by atoms with Gasteiger partial charge >= 0.3 is 12.6 Å². The lowest BCUT2D eigenvalue weighted by Gasteiger charge is -2.38. The molecule has 0 aromatic heterocycles. The van der Waals surface area contributed by atoms with Crippen molar-refractivity contribution in [3.8, 4) is 5.75 Å². The molecule has 7 heteroatoms. The molecule has 1 amide bonds. The van der Waals surface area contributed by atoms with E-state index >= 15 is 0 Å². The van der Waals surface area contributed by atoms with Gasteiger partial charge in [0.25, 0.3) is 0 Å². The molecule has 1 aromatic rings. The van der Waals surface area contributed by atoms with E-state index in [0.717, 1.165) is 0 Å². The van der Waals surface area contributed by atoms with Crippen LogP contribution in [0.2, 0.25) is 0 Å². The van der Waals surface area contributed by atoms with Crippen LogP contribution in [-0.4, -0.2) is 41.6 Å². The average Bonchev–Trinajstić information content (AvgIpc) is 2.34. The number of hydrogen-bond acceptors (Lipinski definition) is 3. The Morgan fingerprint density at radius 2 is 1.90 bits per heavy atom. The van der Waals surface area contributed by atoms with Gasteiger partial charge < -0.3 is 14.7 Å². The van der Waals surface area contributed by atoms with Crippen LogP contribution in [0.4, 0.5) is 8.78 Å². The van der Waals surface area contributed by atoms with Crippen molar-refractivity contribution in [2.24, 2.45) is 5.92 Å². The number of aliphatic carboxylic acids is 1. The lowest BCUT2D eigenvalue weighted by atomic mass is 9.95. The number of rotatable bonds is 6. The Kier molecular flexibility index (Phi) is 4.72. The number of amides is 1. The predicted octanol–water partition coefficient (Wildman–Crippen LogP) is 1.76. The van der Waals surface area contributed by atoms with Gasteiger partial charge in [0.2, 0.25) is 5.91 Å². The second kappa shape index (κ2) is 6.51. The summed E-state index contributed by atoms with van der Waals surface area (Å²) in [6.07, 6.45) is 0.234. The van der Waals surface area contributed by atoms with Crippen molar-refractivity contribution in [1.82, 2.24) is 4.90 Å². The summed E-state index contributed by atoms with van der Waals surface area (Å²) >= 11 is 0. The summed E-state index contributed by atoms with van der Waals surface area (Å²) in [6.45, 7) is -1.96. The highest BCUT2D eigenvalue weighted by Gasteiger charge is 2.31. The number of nitrogens with zero attached hydrogens (tertiary/aromatic N) is 1. The zero-order valence-electron chi connectivity index (χ0n) is 11.2. The minimum Gasteiger partial charge on any atom is -0.481 e. The normalized spacial score (nSPS) is 14.9. The zero-order valence-corrected chi connectivity index (χ0v) is 11.2. The molecule has 0 spiro atoms. The molecule has 114 valence electrons. The van der Waals surface area contributed by atoms with E-state index in [-0.39, 0.29) is 30.4 Å². The molecule has 0 bridgehead atoms. The Balaban J connectivity index is 1.80. The number of ether oxygens (including phenoxy) is 1. The van der Waals surface area contributed by atoms with Crippen molar-refractivity contribution in [2.45, 2.75) is 19.5 Å². The lowest BCUT2D eigenvalue weighted by Crippen LogP contribution is -2.51. The third kappa shape index (κ3) is 4.40. The molecule has 1 aliphatic rings. The van der Waals surface area contributed by atoms with Crippen LogP contribution in [0, 0.1) is 5.92 Å². The summed E-state index contributed by atoms with van der Waals surface area (Å²) in [5, 5.41) is 8.63. The molecule has 1 saturated heterocycles. The molecule has 2 rings (SSSR count). The number of carboxylic acid groups (broad SMARTS) is 1. The molecule has 1 aliphatic heterocycles. The van der Waals surface area contributed by atoms with Crippen molar-refractivity contribution in [3.05, 3.63) is 29.8 Å². The maximum Gasteiger partial charge on any atom is 0.387 e. The second-order valence-electron chi connectivity index (χ2n) is 4.96. The van der Waals surface area contributed by atoms with Crippen molar-refractivity contribution < 1.29 is 28.2 Å². The van der Waals surface area contributed by atoms with Crippen LogP contribution in [-0.2, 0) is 16.0 Å². The number of hydrogen-bond donors (Lipinski definition) is 1. The third-order valence-electron chi connectivity index (χ3n) is 3.28. The topological polar surface area (TPSA) is 66.8 Å². The minimum atomic E-state index is -2.87. The largest absolute Gasteiger partial charge is 0.481 e. The van der Waals surface area contributed by atoms with Gasteiger partial charge in [0.1, 0.15) is 5.75 Å². The zero-order chi connectivity index (χ0) is 15.4. The van der Waals surface area contributed by atoms with Crippen LogP contribution in [0.15, 0.2) is 24.3 Å². The molecule has 21 heavy (non-hydrogen) atoms. The molecule has 0 atom stereocenters. The average molecular weight is 299 g/mol. The Labute approximate surface area is 120 Å². The standard InChI is InChI=1S/C14H15F2NO4/c15-14(16)21-11-3-1-9(2-4-11)5-12(18)17-7-10(8-17)6-13(19)20/h1-4,10,14H,5-8H2,(H,19,20). The van der Waals surface area contributed by atoms with Gasteiger partial charge in [0, 0.05) is 19.0 Å². The fraction of sp³-hybridized carbons (Fsp3) is 0.429. The number of carboxylic acids is 1. The first-order valence-electron chi connectivity index (χ1n) is 6.47. The fourth-order valence-electron chi connectivity index (χ4n) is 2.22. The number of likely N-dealkylation sites (tertiary alicyclic amines) is 1. The van der Waals surface area contributed by atoms with Gasteiger partial charge in [0.05, 0.1) is 12.8 Å². The smallest absolute Gasteiger partial charge is 0.387 e. The van der Waals surface area contributed by atoms with Crippen LogP contribution in [0.5, 0.6) is 5.75 Å². The van der Waals surface area contributed by atoms with Gasteiger partial charge in [-0.3, -0.25) is 9.59 Å². The minimum absolute atomic E-state index is 0.0215. The number of benzene rings is 1. The molecule has 1 aromatic carbocycles. The highest BCUT2D eigenvalue weighted by atomic mass is 19.3. The molecule has 0 unspecified atom stereocenters. The Bertz CT molecular complexity index is 512. The highest BCUT2D eigenvalue weighted by molar-refractivity contribution is 5.80. The third-order valence-corrected chi connectivity index (χ3v) is 3.28. The predicted molar refractivity (Wildman–Crippen MR) is 69.1 cm³/mol. The summed E-state index contributed by atoms with van der Waals surface area (Å²) in [5.41, 5.74) is 0.698. The van der Waals surface area contributed by atoms with E-state index < -0.39 is 12.6 Å². The molecule has 1 N–H and O–H groups in total. The monoisotopic (exact) mass is 299 g/mol. The molecule has 1 heterocycles. The molecular weight excluding hydrogens is 284 g/mol. The van der Waals surface area contributed by atoms with Crippen LogP contribution < -0.4 is 4.74 Å². The van der Waals surface area contributed by atoms with Crippen LogP contribution >= 0.6 is 0 Å². The first-order valence-corrected chi connectivity index (χ1v) is 6.47. The van der Waals surface area contributed by atoms with Crippen molar-refractivity contribution in [2.75, 3.05) is 13.1 Å². The van der Waals surface area contributed by atoms with Crippen molar-refractivity contribution in [3.63, 3.8) is 0 Å². The van der Waals surface area contributed by atoms with Gasteiger partial charge in [-0.15, -0.1) is 0 Å². The summed E-state index contributed by atoms with van der Waals surface area (Å²) in [6, 6.07) is 5.89. The van der Waals surface area contributed by atoms with Crippen LogP contribution in [0.25, 0.3) is 0 Å². The van der Waals surface area contributed by atoms with E-state index in [1.54, 1.807) is 17.0 Å². The Hall–Kier alpha value is -2.18. The first kappa shape index (κ1) is 15.2. The van der Waals surface area contributed by atoms with Crippen LogP contribution in [0.1, 0.15) is 12.0 Å². The maximum absolute atomic E-state index is 12.0.